The Hall–Kier alpha value is -1.22. The van der Waals surface area contributed by atoms with Gasteiger partial charge in [0.25, 0.3) is 5.91 Å². The summed E-state index contributed by atoms with van der Waals surface area (Å²) in [6.45, 7) is 5.65. The van der Waals surface area contributed by atoms with Gasteiger partial charge >= 0.3 is 0 Å². The molecule has 0 saturated carbocycles. The number of carbonyl (C=O) groups excluding carboxylic acids is 1. The van der Waals surface area contributed by atoms with Crippen LogP contribution in [0, 0.1) is 6.92 Å². The summed E-state index contributed by atoms with van der Waals surface area (Å²) in [5.74, 6) is -0.268. The van der Waals surface area contributed by atoms with Gasteiger partial charge in [0.1, 0.15) is 5.75 Å². The van der Waals surface area contributed by atoms with Crippen molar-refractivity contribution in [3.8, 4) is 5.75 Å². The number of benzene rings is 1. The highest BCUT2D eigenvalue weighted by molar-refractivity contribution is 6.20. The van der Waals surface area contributed by atoms with Crippen LogP contribution in [0.3, 0.4) is 0 Å². The van der Waals surface area contributed by atoms with Crippen LogP contribution >= 0.6 is 11.6 Å². The van der Waals surface area contributed by atoms with Crippen LogP contribution < -0.4 is 5.32 Å². The number of aromatic hydroxyl groups is 1. The number of hydrogen-bond acceptors (Lipinski definition) is 2. The van der Waals surface area contributed by atoms with Crippen LogP contribution in [0.25, 0.3) is 0 Å². The summed E-state index contributed by atoms with van der Waals surface area (Å²) in [4.78, 5) is 11.9. The van der Waals surface area contributed by atoms with Gasteiger partial charge in [0, 0.05) is 11.4 Å². The van der Waals surface area contributed by atoms with Crippen molar-refractivity contribution in [1.82, 2.24) is 5.32 Å². The average Bonchev–Trinajstić information content (AvgIpc) is 2.20. The monoisotopic (exact) mass is 255 g/mol. The van der Waals surface area contributed by atoms with Crippen LogP contribution in [0.2, 0.25) is 0 Å². The minimum Gasteiger partial charge on any atom is -0.507 e. The Bertz CT molecular complexity index is 404. The lowest BCUT2D eigenvalue weighted by Crippen LogP contribution is -2.34. The van der Waals surface area contributed by atoms with Crippen LogP contribution in [0.4, 0.5) is 0 Å². The topological polar surface area (TPSA) is 49.3 Å². The Morgan fingerprint density at radius 1 is 1.47 bits per heavy atom. The van der Waals surface area contributed by atoms with E-state index in [9.17, 15) is 9.90 Å². The highest BCUT2D eigenvalue weighted by Crippen LogP contribution is 2.18. The number of phenols is 1. The molecule has 1 aromatic rings. The normalized spacial score (nSPS) is 14.1. The van der Waals surface area contributed by atoms with Crippen LogP contribution in [0.5, 0.6) is 5.75 Å². The fraction of sp³-hybridized carbons (Fsp3) is 0.462. The Kier molecular flexibility index (Phi) is 4.82. The number of nitrogens with one attached hydrogen (secondary N) is 1. The standard InChI is InChI=1S/C13H18ClNO2/c1-8-4-5-12(16)11(6-8)13(17)15-10(3)7-9(2)14/h4-6,9-10,16H,7H2,1-3H3,(H,15,17). The molecule has 0 spiro atoms. The number of phenolic OH excluding ortho intramolecular Hbond substituents is 1. The molecule has 4 heteroatoms. The molecule has 2 unspecified atom stereocenters. The highest BCUT2D eigenvalue weighted by Gasteiger charge is 2.14. The Labute approximate surface area is 107 Å². The second-order valence-electron chi connectivity index (χ2n) is 4.41. The summed E-state index contributed by atoms with van der Waals surface area (Å²) < 4.78 is 0. The van der Waals surface area contributed by atoms with Crippen molar-refractivity contribution in [3.05, 3.63) is 29.3 Å². The first-order valence-corrected chi connectivity index (χ1v) is 6.08. The molecule has 0 fully saturated rings. The van der Waals surface area contributed by atoms with E-state index in [4.69, 9.17) is 11.6 Å². The van der Waals surface area contributed by atoms with E-state index in [0.717, 1.165) is 5.56 Å². The Balaban J connectivity index is 2.73. The van der Waals surface area contributed by atoms with Crippen LogP contribution in [-0.2, 0) is 0 Å². The van der Waals surface area contributed by atoms with E-state index in [1.54, 1.807) is 12.1 Å². The summed E-state index contributed by atoms with van der Waals surface area (Å²) in [5, 5.41) is 12.4. The summed E-state index contributed by atoms with van der Waals surface area (Å²) in [7, 11) is 0. The van der Waals surface area contributed by atoms with Gasteiger partial charge < -0.3 is 10.4 Å². The second-order valence-corrected chi connectivity index (χ2v) is 5.16. The first-order chi connectivity index (χ1) is 7.90. The molecular formula is C13H18ClNO2. The van der Waals surface area contributed by atoms with Crippen molar-refractivity contribution in [2.75, 3.05) is 0 Å². The van der Waals surface area contributed by atoms with Gasteiger partial charge in [-0.1, -0.05) is 11.6 Å². The first kappa shape index (κ1) is 13.8. The van der Waals surface area contributed by atoms with Gasteiger partial charge in [-0.3, -0.25) is 4.79 Å². The van der Waals surface area contributed by atoms with E-state index in [0.29, 0.717) is 12.0 Å². The largest absolute Gasteiger partial charge is 0.507 e. The van der Waals surface area contributed by atoms with Gasteiger partial charge in [0.15, 0.2) is 0 Å². The molecule has 0 aliphatic heterocycles. The average molecular weight is 256 g/mol. The van der Waals surface area contributed by atoms with Crippen molar-refractivity contribution in [3.63, 3.8) is 0 Å². The molecule has 0 heterocycles. The van der Waals surface area contributed by atoms with E-state index in [-0.39, 0.29) is 23.1 Å². The fourth-order valence-electron chi connectivity index (χ4n) is 1.68. The summed E-state index contributed by atoms with van der Waals surface area (Å²) in [6.07, 6.45) is 0.694. The second kappa shape index (κ2) is 5.92. The maximum Gasteiger partial charge on any atom is 0.255 e. The summed E-state index contributed by atoms with van der Waals surface area (Å²) in [6, 6.07) is 4.94. The summed E-state index contributed by atoms with van der Waals surface area (Å²) in [5.41, 5.74) is 1.24. The smallest absolute Gasteiger partial charge is 0.255 e. The zero-order valence-electron chi connectivity index (χ0n) is 10.3. The number of amides is 1. The molecular weight excluding hydrogens is 238 g/mol. The third-order valence-corrected chi connectivity index (χ3v) is 2.63. The maximum atomic E-state index is 11.9. The van der Waals surface area contributed by atoms with Gasteiger partial charge in [0.2, 0.25) is 0 Å². The lowest BCUT2D eigenvalue weighted by atomic mass is 10.1. The Morgan fingerprint density at radius 3 is 2.71 bits per heavy atom. The number of halogens is 1. The van der Waals surface area contributed by atoms with Crippen molar-refractivity contribution in [2.24, 2.45) is 0 Å². The van der Waals surface area contributed by atoms with Crippen LogP contribution in [0.15, 0.2) is 18.2 Å². The quantitative estimate of drug-likeness (QED) is 0.813. The molecule has 1 rings (SSSR count). The Morgan fingerprint density at radius 2 is 2.12 bits per heavy atom. The molecule has 3 nitrogen and oxygen atoms in total. The highest BCUT2D eigenvalue weighted by atomic mass is 35.5. The van der Waals surface area contributed by atoms with E-state index in [1.807, 2.05) is 20.8 Å². The lowest BCUT2D eigenvalue weighted by molar-refractivity contribution is 0.0936. The van der Waals surface area contributed by atoms with Crippen LogP contribution in [-0.4, -0.2) is 22.4 Å². The van der Waals surface area contributed by atoms with Gasteiger partial charge in [-0.15, -0.1) is 11.6 Å². The molecule has 0 aliphatic rings. The number of hydrogen-bond donors (Lipinski definition) is 2. The summed E-state index contributed by atoms with van der Waals surface area (Å²) >= 11 is 5.86. The van der Waals surface area contributed by atoms with Crippen LogP contribution in [0.1, 0.15) is 36.2 Å². The molecule has 0 aliphatic carbocycles. The van der Waals surface area contributed by atoms with Crippen molar-refractivity contribution >= 4 is 17.5 Å². The molecule has 0 bridgehead atoms. The lowest BCUT2D eigenvalue weighted by Gasteiger charge is -2.15. The minimum absolute atomic E-state index is 0.000720. The predicted octanol–water partition coefficient (Wildman–Crippen LogP) is 2.84. The number of aryl methyl sites for hydroxylation is 1. The molecule has 2 atom stereocenters. The molecule has 0 aromatic heterocycles. The maximum absolute atomic E-state index is 11.9. The van der Waals surface area contributed by atoms with Gasteiger partial charge in [-0.05, 0) is 39.3 Å². The number of alkyl halides is 1. The zero-order chi connectivity index (χ0) is 13.0. The van der Waals surface area contributed by atoms with E-state index in [2.05, 4.69) is 5.32 Å². The van der Waals surface area contributed by atoms with Gasteiger partial charge in [-0.2, -0.15) is 0 Å². The molecule has 0 radical (unpaired) electrons. The first-order valence-electron chi connectivity index (χ1n) is 5.64. The minimum atomic E-state index is -0.268. The van der Waals surface area contributed by atoms with E-state index in [1.165, 1.54) is 6.07 Å². The third kappa shape index (κ3) is 4.27. The molecule has 94 valence electrons. The SMILES string of the molecule is Cc1ccc(O)c(C(=O)NC(C)CC(C)Cl)c1. The third-order valence-electron chi connectivity index (χ3n) is 2.45. The molecule has 1 aromatic carbocycles. The zero-order valence-corrected chi connectivity index (χ0v) is 11.1. The molecule has 2 N–H and O–H groups in total. The molecule has 1 amide bonds. The molecule has 0 saturated heterocycles. The van der Waals surface area contributed by atoms with Crippen molar-refractivity contribution in [1.29, 1.82) is 0 Å². The predicted molar refractivity (Wildman–Crippen MR) is 69.7 cm³/mol. The number of carbonyl (C=O) groups is 1. The molecule has 17 heavy (non-hydrogen) atoms. The van der Waals surface area contributed by atoms with Gasteiger partial charge in [-0.25, -0.2) is 0 Å². The van der Waals surface area contributed by atoms with E-state index < -0.39 is 0 Å². The fourth-order valence-corrected chi connectivity index (χ4v) is 1.95. The van der Waals surface area contributed by atoms with Crippen molar-refractivity contribution < 1.29 is 9.90 Å². The van der Waals surface area contributed by atoms with E-state index >= 15 is 0 Å². The van der Waals surface area contributed by atoms with Crippen molar-refractivity contribution in [2.45, 2.75) is 38.6 Å². The van der Waals surface area contributed by atoms with Gasteiger partial charge in [0.05, 0.1) is 5.56 Å². The number of rotatable bonds is 4.